The van der Waals surface area contributed by atoms with Crippen LogP contribution in [0.3, 0.4) is 0 Å². The van der Waals surface area contributed by atoms with Gasteiger partial charge in [0.2, 0.25) is 0 Å². The van der Waals surface area contributed by atoms with Crippen molar-refractivity contribution in [3.63, 3.8) is 0 Å². The third-order valence-electron chi connectivity index (χ3n) is 6.59. The molecule has 0 saturated heterocycles. The van der Waals surface area contributed by atoms with Crippen molar-refractivity contribution in [1.29, 1.82) is 0 Å². The van der Waals surface area contributed by atoms with Crippen LogP contribution in [0.25, 0.3) is 5.57 Å². The Morgan fingerprint density at radius 3 is 2.65 bits per heavy atom. The Kier molecular flexibility index (Phi) is 4.09. The van der Waals surface area contributed by atoms with Crippen LogP contribution in [0.5, 0.6) is 11.5 Å². The van der Waals surface area contributed by atoms with Crippen LogP contribution >= 0.6 is 0 Å². The number of methoxy groups -OCH3 is 1. The molecule has 3 aliphatic carbocycles. The van der Waals surface area contributed by atoms with Crippen LogP contribution in [0.4, 0.5) is 0 Å². The second-order valence-electron chi connectivity index (χ2n) is 7.89. The molecular weight excluding hydrogens is 354 g/mol. The lowest BCUT2D eigenvalue weighted by atomic mass is 9.62. The topological polar surface area (TPSA) is 98.9 Å². The van der Waals surface area contributed by atoms with Gasteiger partial charge in [0.1, 0.15) is 0 Å². The molecule has 0 aliphatic heterocycles. The van der Waals surface area contributed by atoms with Gasteiger partial charge in [-0.25, -0.2) is 0 Å². The van der Waals surface area contributed by atoms with Crippen molar-refractivity contribution in [2.75, 3.05) is 7.11 Å². The number of benzene rings is 1. The van der Waals surface area contributed by atoms with Crippen LogP contribution in [0.15, 0.2) is 17.7 Å². The number of nitrogens with two attached hydrogens (primary N) is 1. The molecule has 4 rings (SSSR count). The Balaban J connectivity index is 1.79. The minimum atomic E-state index is -4.11. The van der Waals surface area contributed by atoms with Crippen LogP contribution in [0.2, 0.25) is 0 Å². The molecule has 0 heterocycles. The SMILES string of the molecule is COc1cc2c(cc1OS(N)(=O)=O)CCC1=C2CC[C@@]2(C)C1CC[C@@H]2O. The van der Waals surface area contributed by atoms with E-state index in [0.29, 0.717) is 11.7 Å². The van der Waals surface area contributed by atoms with E-state index in [-0.39, 0.29) is 17.3 Å². The summed E-state index contributed by atoms with van der Waals surface area (Å²) in [6.45, 7) is 2.22. The first-order valence-electron chi connectivity index (χ1n) is 9.06. The number of aryl methyl sites for hydroxylation is 1. The smallest absolute Gasteiger partial charge is 0.380 e. The highest BCUT2D eigenvalue weighted by atomic mass is 32.2. The predicted octanol–water partition coefficient (Wildman–Crippen LogP) is 2.55. The van der Waals surface area contributed by atoms with Gasteiger partial charge in [0.15, 0.2) is 11.5 Å². The number of aliphatic hydroxyl groups excluding tert-OH is 1. The van der Waals surface area contributed by atoms with E-state index >= 15 is 0 Å². The van der Waals surface area contributed by atoms with E-state index in [2.05, 4.69) is 6.92 Å². The Bertz CT molecular complexity index is 891. The molecule has 142 valence electrons. The standard InChI is InChI=1S/C19H25NO5S/c1-19-8-7-12-13(15(19)5-6-18(19)21)4-3-11-9-17(25-26(20,22)23)16(24-2)10-14(11)12/h9-10,15,18,21H,3-8H2,1-2H3,(H2,20,22,23)/t15?,18-,19-/m0/s1. The first-order chi connectivity index (χ1) is 12.2. The zero-order valence-corrected chi connectivity index (χ0v) is 15.9. The molecule has 0 bridgehead atoms. The summed E-state index contributed by atoms with van der Waals surface area (Å²) in [5, 5.41) is 15.5. The highest BCUT2D eigenvalue weighted by Gasteiger charge is 2.50. The third-order valence-corrected chi connectivity index (χ3v) is 7.00. The van der Waals surface area contributed by atoms with E-state index in [0.717, 1.165) is 49.7 Å². The lowest BCUT2D eigenvalue weighted by Crippen LogP contribution is -2.37. The van der Waals surface area contributed by atoms with Crippen LogP contribution < -0.4 is 14.1 Å². The predicted molar refractivity (Wildman–Crippen MR) is 98.0 cm³/mol. The van der Waals surface area contributed by atoms with Crippen molar-refractivity contribution >= 4 is 15.9 Å². The van der Waals surface area contributed by atoms with Gasteiger partial charge in [-0.05, 0) is 73.3 Å². The van der Waals surface area contributed by atoms with Crippen LogP contribution in [-0.4, -0.2) is 26.7 Å². The van der Waals surface area contributed by atoms with E-state index in [1.807, 2.05) is 6.07 Å². The normalized spacial score (nSPS) is 30.5. The zero-order chi connectivity index (χ0) is 18.7. The summed E-state index contributed by atoms with van der Waals surface area (Å²) in [6, 6.07) is 3.61. The number of allylic oxidation sites excluding steroid dienone is 2. The summed E-state index contributed by atoms with van der Waals surface area (Å²) in [5.41, 5.74) is 4.96. The highest BCUT2D eigenvalue weighted by molar-refractivity contribution is 7.84. The van der Waals surface area contributed by atoms with Gasteiger partial charge >= 0.3 is 10.3 Å². The molecule has 0 spiro atoms. The molecule has 3 atom stereocenters. The summed E-state index contributed by atoms with van der Waals surface area (Å²) in [4.78, 5) is 0. The van der Waals surface area contributed by atoms with Crippen LogP contribution in [0, 0.1) is 11.3 Å². The van der Waals surface area contributed by atoms with Crippen molar-refractivity contribution in [1.82, 2.24) is 0 Å². The Morgan fingerprint density at radius 2 is 1.96 bits per heavy atom. The van der Waals surface area contributed by atoms with E-state index in [1.165, 1.54) is 18.3 Å². The summed E-state index contributed by atoms with van der Waals surface area (Å²) in [6.07, 6.45) is 5.34. The molecule has 1 aromatic rings. The van der Waals surface area contributed by atoms with Crippen molar-refractivity contribution in [2.45, 2.75) is 51.6 Å². The maximum absolute atomic E-state index is 11.3. The molecule has 1 saturated carbocycles. The van der Waals surface area contributed by atoms with Crippen molar-refractivity contribution in [3.8, 4) is 11.5 Å². The largest absolute Gasteiger partial charge is 0.493 e. The van der Waals surface area contributed by atoms with Gasteiger partial charge in [-0.2, -0.15) is 13.6 Å². The molecule has 1 unspecified atom stereocenters. The lowest BCUT2D eigenvalue weighted by Gasteiger charge is -2.43. The summed E-state index contributed by atoms with van der Waals surface area (Å²) >= 11 is 0. The second kappa shape index (κ2) is 5.97. The number of hydrogen-bond acceptors (Lipinski definition) is 5. The van der Waals surface area contributed by atoms with Crippen molar-refractivity contribution < 1.29 is 22.4 Å². The van der Waals surface area contributed by atoms with Crippen LogP contribution in [0.1, 0.15) is 50.2 Å². The number of ether oxygens (including phenoxy) is 1. The Morgan fingerprint density at radius 1 is 1.19 bits per heavy atom. The van der Waals surface area contributed by atoms with E-state index in [1.54, 1.807) is 6.07 Å². The molecule has 6 nitrogen and oxygen atoms in total. The Hall–Kier alpha value is -1.57. The van der Waals surface area contributed by atoms with Gasteiger partial charge < -0.3 is 14.0 Å². The first-order valence-corrected chi connectivity index (χ1v) is 10.5. The number of rotatable bonds is 3. The molecule has 0 amide bonds. The quantitative estimate of drug-likeness (QED) is 0.841. The van der Waals surface area contributed by atoms with Crippen molar-refractivity contribution in [3.05, 3.63) is 28.8 Å². The lowest BCUT2D eigenvalue weighted by molar-refractivity contribution is 0.0379. The molecule has 1 aromatic carbocycles. The molecule has 3 N–H and O–H groups in total. The summed E-state index contributed by atoms with van der Waals surface area (Å²) in [5.74, 6) is 0.932. The molecule has 3 aliphatic rings. The molecule has 1 fully saturated rings. The summed E-state index contributed by atoms with van der Waals surface area (Å²) in [7, 11) is -2.62. The first kappa shape index (κ1) is 17.8. The van der Waals surface area contributed by atoms with Gasteiger partial charge in [-0.3, -0.25) is 0 Å². The average molecular weight is 379 g/mol. The molecule has 0 aromatic heterocycles. The van der Waals surface area contributed by atoms with E-state index in [9.17, 15) is 13.5 Å². The molecule has 26 heavy (non-hydrogen) atoms. The fourth-order valence-electron chi connectivity index (χ4n) is 5.24. The third kappa shape index (κ3) is 2.73. The minimum Gasteiger partial charge on any atom is -0.493 e. The van der Waals surface area contributed by atoms with Gasteiger partial charge in [0.05, 0.1) is 13.2 Å². The summed E-state index contributed by atoms with van der Waals surface area (Å²) < 4.78 is 32.9. The molecule has 7 heteroatoms. The highest BCUT2D eigenvalue weighted by Crippen LogP contribution is 2.58. The van der Waals surface area contributed by atoms with Gasteiger partial charge in [0, 0.05) is 5.41 Å². The maximum Gasteiger partial charge on any atom is 0.380 e. The fourth-order valence-corrected chi connectivity index (χ4v) is 5.62. The van der Waals surface area contributed by atoms with Crippen LogP contribution in [-0.2, 0) is 16.7 Å². The van der Waals surface area contributed by atoms with Crippen molar-refractivity contribution in [2.24, 2.45) is 16.5 Å². The van der Waals surface area contributed by atoms with Gasteiger partial charge in [-0.15, -0.1) is 0 Å². The minimum absolute atomic E-state index is 0.0168. The maximum atomic E-state index is 11.3. The average Bonchev–Trinajstić information content (AvgIpc) is 2.88. The monoisotopic (exact) mass is 379 g/mol. The number of hydrogen-bond donors (Lipinski definition) is 2. The molecule has 0 radical (unpaired) electrons. The van der Waals surface area contributed by atoms with E-state index < -0.39 is 10.3 Å². The Labute approximate surface area is 154 Å². The zero-order valence-electron chi connectivity index (χ0n) is 15.1. The van der Waals surface area contributed by atoms with Gasteiger partial charge in [-0.1, -0.05) is 12.5 Å². The number of fused-ring (bicyclic) bond motifs is 4. The van der Waals surface area contributed by atoms with E-state index in [4.69, 9.17) is 14.1 Å². The number of aliphatic hydroxyl groups is 1. The fraction of sp³-hybridized carbons (Fsp3) is 0.579. The molecular formula is C19H25NO5S. The van der Waals surface area contributed by atoms with Gasteiger partial charge in [0.25, 0.3) is 0 Å². The second-order valence-corrected chi connectivity index (χ2v) is 9.04.